The molecule has 2 aromatic heterocycles. The van der Waals surface area contributed by atoms with Gasteiger partial charge in [0.25, 0.3) is 0 Å². The van der Waals surface area contributed by atoms with Gasteiger partial charge in [-0.05, 0) is 41.3 Å². The van der Waals surface area contributed by atoms with Crippen molar-refractivity contribution in [2.24, 2.45) is 0 Å². The van der Waals surface area contributed by atoms with Crippen molar-refractivity contribution in [3.63, 3.8) is 0 Å². The van der Waals surface area contributed by atoms with Crippen LogP contribution in [0.15, 0.2) is 84.5 Å². The maximum Gasteiger partial charge on any atom is 0.315 e. The molecule has 2 aromatic carbocycles. The summed E-state index contributed by atoms with van der Waals surface area (Å²) in [7, 11) is 0. The van der Waals surface area contributed by atoms with E-state index < -0.39 is 0 Å². The number of para-hydroxylation sites is 1. The number of halogens is 1. The van der Waals surface area contributed by atoms with Gasteiger partial charge in [0, 0.05) is 23.2 Å². The van der Waals surface area contributed by atoms with E-state index in [0.29, 0.717) is 6.54 Å². The number of amides is 2. The first-order valence-corrected chi connectivity index (χ1v) is 9.99. The molecule has 0 radical (unpaired) electrons. The van der Waals surface area contributed by atoms with Gasteiger partial charge in [-0.1, -0.05) is 36.4 Å². The number of thiophene rings is 1. The van der Waals surface area contributed by atoms with E-state index in [1.54, 1.807) is 23.0 Å². The van der Waals surface area contributed by atoms with Crippen LogP contribution in [0, 0.1) is 5.82 Å². The second-order valence-electron chi connectivity index (χ2n) is 6.46. The zero-order chi connectivity index (χ0) is 20.1. The Morgan fingerprint density at radius 3 is 2.59 bits per heavy atom. The molecular weight excluding hydrogens is 387 g/mol. The minimum atomic E-state index is -0.345. The topological polar surface area (TPSA) is 59.0 Å². The lowest BCUT2D eigenvalue weighted by atomic mass is 10.1. The summed E-state index contributed by atoms with van der Waals surface area (Å²) in [5.74, 6) is -0.307. The molecule has 0 unspecified atom stereocenters. The molecule has 29 heavy (non-hydrogen) atoms. The number of hydrogen-bond acceptors (Lipinski definition) is 3. The lowest BCUT2D eigenvalue weighted by Gasteiger charge is -2.18. The van der Waals surface area contributed by atoms with Crippen LogP contribution in [0.4, 0.5) is 9.18 Å². The van der Waals surface area contributed by atoms with E-state index in [2.05, 4.69) is 15.7 Å². The van der Waals surface area contributed by atoms with Crippen LogP contribution in [-0.4, -0.2) is 15.8 Å². The normalized spacial score (nSPS) is 11.8. The lowest BCUT2D eigenvalue weighted by molar-refractivity contribution is 0.238. The first-order valence-electron chi connectivity index (χ1n) is 9.11. The Kier molecular flexibility index (Phi) is 5.67. The van der Waals surface area contributed by atoms with Crippen LogP contribution in [0.3, 0.4) is 0 Å². The molecule has 0 aliphatic rings. The zero-order valence-electron chi connectivity index (χ0n) is 15.5. The third-order valence-electron chi connectivity index (χ3n) is 4.42. The fourth-order valence-corrected chi connectivity index (χ4v) is 3.77. The van der Waals surface area contributed by atoms with Gasteiger partial charge < -0.3 is 10.6 Å². The summed E-state index contributed by atoms with van der Waals surface area (Å²) < 4.78 is 15.0. The number of carbonyl (C=O) groups is 1. The van der Waals surface area contributed by atoms with Crippen molar-refractivity contribution in [2.75, 3.05) is 0 Å². The highest BCUT2D eigenvalue weighted by Crippen LogP contribution is 2.26. The molecule has 2 heterocycles. The molecule has 0 saturated carbocycles. The number of nitrogens with zero attached hydrogens (tertiary/aromatic N) is 2. The van der Waals surface area contributed by atoms with E-state index in [1.165, 1.54) is 23.5 Å². The summed E-state index contributed by atoms with van der Waals surface area (Å²) in [5, 5.41) is 12.1. The summed E-state index contributed by atoms with van der Waals surface area (Å²) in [4.78, 5) is 13.5. The van der Waals surface area contributed by atoms with Crippen LogP contribution in [0.2, 0.25) is 0 Å². The molecule has 0 spiro atoms. The SMILES string of the molecule is O=C(NCc1cnn(-c2ccccc2)c1)N[C@@H](c1ccc(F)cc1)c1cccs1. The Balaban J connectivity index is 1.41. The third kappa shape index (κ3) is 4.70. The highest BCUT2D eigenvalue weighted by molar-refractivity contribution is 7.10. The second-order valence-corrected chi connectivity index (χ2v) is 7.43. The largest absolute Gasteiger partial charge is 0.334 e. The highest BCUT2D eigenvalue weighted by atomic mass is 32.1. The van der Waals surface area contributed by atoms with Crippen LogP contribution < -0.4 is 10.6 Å². The quantitative estimate of drug-likeness (QED) is 0.489. The zero-order valence-corrected chi connectivity index (χ0v) is 16.3. The molecule has 1 atom stereocenters. The van der Waals surface area contributed by atoms with Crippen molar-refractivity contribution < 1.29 is 9.18 Å². The molecule has 0 bridgehead atoms. The molecule has 2 N–H and O–H groups in total. The number of urea groups is 1. The van der Waals surface area contributed by atoms with Gasteiger partial charge in [0.2, 0.25) is 0 Å². The molecule has 4 rings (SSSR count). The molecule has 5 nitrogen and oxygen atoms in total. The number of nitrogens with one attached hydrogen (secondary N) is 2. The van der Waals surface area contributed by atoms with Gasteiger partial charge in [-0.15, -0.1) is 11.3 Å². The average molecular weight is 406 g/mol. The molecule has 0 fully saturated rings. The van der Waals surface area contributed by atoms with E-state index in [9.17, 15) is 9.18 Å². The predicted octanol–water partition coefficient (Wildman–Crippen LogP) is 4.66. The van der Waals surface area contributed by atoms with Crippen LogP contribution in [0.25, 0.3) is 5.69 Å². The smallest absolute Gasteiger partial charge is 0.315 e. The first kappa shape index (κ1) is 18.9. The molecule has 146 valence electrons. The fourth-order valence-electron chi connectivity index (χ4n) is 2.97. The van der Waals surface area contributed by atoms with E-state index >= 15 is 0 Å². The van der Waals surface area contributed by atoms with Gasteiger partial charge in [-0.2, -0.15) is 5.10 Å². The van der Waals surface area contributed by atoms with Gasteiger partial charge in [0.1, 0.15) is 5.82 Å². The average Bonchev–Trinajstić information content (AvgIpc) is 3.44. The summed E-state index contributed by atoms with van der Waals surface area (Å²) in [6.07, 6.45) is 3.61. The number of carbonyl (C=O) groups excluding carboxylic acids is 1. The fraction of sp³-hybridized carbons (Fsp3) is 0.0909. The second kappa shape index (κ2) is 8.70. The summed E-state index contributed by atoms with van der Waals surface area (Å²) in [5.41, 5.74) is 2.66. The van der Waals surface area contributed by atoms with E-state index in [1.807, 2.05) is 54.0 Å². The standard InChI is InChI=1S/C22H19FN4OS/c23-18-10-8-17(9-11-18)21(20-7-4-12-29-20)26-22(28)24-13-16-14-25-27(15-16)19-5-2-1-3-6-19/h1-12,14-15,21H,13H2,(H2,24,26,28)/t21-/m0/s1. The van der Waals surface area contributed by atoms with Crippen molar-refractivity contribution in [3.05, 3.63) is 106 Å². The molecular formula is C22H19FN4OS. The van der Waals surface area contributed by atoms with Crippen molar-refractivity contribution in [3.8, 4) is 5.69 Å². The van der Waals surface area contributed by atoms with E-state index in [0.717, 1.165) is 21.7 Å². The minimum absolute atomic E-state index is 0.305. The first-order chi connectivity index (χ1) is 14.2. The van der Waals surface area contributed by atoms with Crippen molar-refractivity contribution in [1.82, 2.24) is 20.4 Å². The Morgan fingerprint density at radius 2 is 1.86 bits per heavy atom. The summed E-state index contributed by atoms with van der Waals surface area (Å²) in [6, 6.07) is 19.2. The predicted molar refractivity (Wildman–Crippen MR) is 111 cm³/mol. The van der Waals surface area contributed by atoms with Gasteiger partial charge in [0.05, 0.1) is 17.9 Å². The molecule has 0 saturated heterocycles. The van der Waals surface area contributed by atoms with Gasteiger partial charge in [0.15, 0.2) is 0 Å². The monoisotopic (exact) mass is 406 g/mol. The number of aromatic nitrogens is 2. The van der Waals surface area contributed by atoms with Crippen molar-refractivity contribution in [2.45, 2.75) is 12.6 Å². The lowest BCUT2D eigenvalue weighted by Crippen LogP contribution is -2.37. The van der Waals surface area contributed by atoms with Gasteiger partial charge in [-0.25, -0.2) is 13.9 Å². The minimum Gasteiger partial charge on any atom is -0.334 e. The molecule has 0 aliphatic heterocycles. The van der Waals surface area contributed by atoms with Crippen LogP contribution in [0.5, 0.6) is 0 Å². The Labute approximate surface area is 171 Å². The summed E-state index contributed by atoms with van der Waals surface area (Å²) in [6.45, 7) is 0.346. The van der Waals surface area contributed by atoms with Gasteiger partial charge in [-0.3, -0.25) is 0 Å². The number of hydrogen-bond donors (Lipinski definition) is 2. The maximum atomic E-state index is 13.3. The van der Waals surface area contributed by atoms with Crippen molar-refractivity contribution in [1.29, 1.82) is 0 Å². The number of rotatable bonds is 6. The molecule has 4 aromatic rings. The number of benzene rings is 2. The Bertz CT molecular complexity index is 1060. The summed E-state index contributed by atoms with van der Waals surface area (Å²) >= 11 is 1.54. The Hall–Kier alpha value is -3.45. The van der Waals surface area contributed by atoms with Gasteiger partial charge >= 0.3 is 6.03 Å². The maximum absolute atomic E-state index is 13.3. The molecule has 2 amide bonds. The van der Waals surface area contributed by atoms with Crippen LogP contribution >= 0.6 is 11.3 Å². The van der Waals surface area contributed by atoms with Crippen molar-refractivity contribution >= 4 is 17.4 Å². The molecule has 0 aliphatic carbocycles. The molecule has 7 heteroatoms. The van der Waals surface area contributed by atoms with Crippen LogP contribution in [-0.2, 0) is 6.54 Å². The Morgan fingerprint density at radius 1 is 1.07 bits per heavy atom. The third-order valence-corrected chi connectivity index (χ3v) is 5.35. The van der Waals surface area contributed by atoms with E-state index in [4.69, 9.17) is 0 Å². The highest BCUT2D eigenvalue weighted by Gasteiger charge is 2.18. The van der Waals surface area contributed by atoms with Crippen LogP contribution in [0.1, 0.15) is 22.0 Å². The van der Waals surface area contributed by atoms with E-state index in [-0.39, 0.29) is 17.9 Å².